The van der Waals surface area contributed by atoms with Crippen molar-refractivity contribution in [3.8, 4) is 0 Å². The van der Waals surface area contributed by atoms with E-state index in [1.807, 2.05) is 0 Å². The number of fused-ring (bicyclic) bond motifs is 1. The van der Waals surface area contributed by atoms with Crippen molar-refractivity contribution in [1.82, 2.24) is 9.88 Å². The van der Waals surface area contributed by atoms with Crippen molar-refractivity contribution in [3.63, 3.8) is 0 Å². The van der Waals surface area contributed by atoms with Gasteiger partial charge in [0.05, 0.1) is 5.56 Å². The minimum absolute atomic E-state index is 0.0219. The SMILES string of the molecule is NC1=C(N2CC2)C(=O)c2cccnc2C1=O. The Morgan fingerprint density at radius 1 is 1.25 bits per heavy atom. The standard InChI is InChI=1S/C11H9N3O2/c12-7-9(14-4-5-14)10(15)6-2-1-3-13-8(6)11(7)16/h1-3H,4-5,12H2. The quantitative estimate of drug-likeness (QED) is 0.664. The van der Waals surface area contributed by atoms with Crippen LogP contribution in [0.3, 0.4) is 0 Å². The van der Waals surface area contributed by atoms with Crippen LogP contribution in [0, 0.1) is 0 Å². The van der Waals surface area contributed by atoms with Crippen LogP contribution < -0.4 is 5.73 Å². The van der Waals surface area contributed by atoms with E-state index in [1.54, 1.807) is 17.0 Å². The Labute approximate surface area is 91.6 Å². The fourth-order valence-electron chi connectivity index (χ4n) is 1.84. The van der Waals surface area contributed by atoms with Crippen LogP contribution in [0.1, 0.15) is 20.8 Å². The third-order valence-electron chi connectivity index (χ3n) is 2.75. The Morgan fingerprint density at radius 3 is 2.69 bits per heavy atom. The second-order valence-corrected chi connectivity index (χ2v) is 3.81. The number of hydrogen-bond donors (Lipinski definition) is 1. The number of nitrogens with two attached hydrogens (primary N) is 1. The lowest BCUT2D eigenvalue weighted by molar-refractivity contribution is 0.0955. The molecule has 0 unspecified atom stereocenters. The topological polar surface area (TPSA) is 76.1 Å². The summed E-state index contributed by atoms with van der Waals surface area (Å²) in [6.45, 7) is 1.56. The van der Waals surface area contributed by atoms with Crippen molar-refractivity contribution >= 4 is 11.6 Å². The highest BCUT2D eigenvalue weighted by Crippen LogP contribution is 2.27. The molecule has 0 radical (unpaired) electrons. The van der Waals surface area contributed by atoms with Gasteiger partial charge in [0.15, 0.2) is 0 Å². The van der Waals surface area contributed by atoms with Crippen molar-refractivity contribution in [2.45, 2.75) is 0 Å². The summed E-state index contributed by atoms with van der Waals surface area (Å²) >= 11 is 0. The smallest absolute Gasteiger partial charge is 0.229 e. The predicted molar refractivity (Wildman–Crippen MR) is 55.7 cm³/mol. The highest BCUT2D eigenvalue weighted by molar-refractivity contribution is 6.25. The molecule has 0 spiro atoms. The van der Waals surface area contributed by atoms with E-state index in [0.29, 0.717) is 11.3 Å². The number of hydrogen-bond acceptors (Lipinski definition) is 5. The summed E-state index contributed by atoms with van der Waals surface area (Å²) in [4.78, 5) is 29.7. The number of allylic oxidation sites excluding steroid dienone is 2. The van der Waals surface area contributed by atoms with Crippen LogP contribution in [0.5, 0.6) is 0 Å². The Hall–Kier alpha value is -2.17. The molecule has 1 aromatic heterocycles. The zero-order valence-corrected chi connectivity index (χ0v) is 8.43. The van der Waals surface area contributed by atoms with Gasteiger partial charge in [0.2, 0.25) is 11.6 Å². The third-order valence-corrected chi connectivity index (χ3v) is 2.75. The van der Waals surface area contributed by atoms with E-state index >= 15 is 0 Å². The molecule has 1 fully saturated rings. The molecule has 5 heteroatoms. The van der Waals surface area contributed by atoms with Crippen LogP contribution in [-0.2, 0) is 0 Å². The molecule has 5 nitrogen and oxygen atoms in total. The highest BCUT2D eigenvalue weighted by atomic mass is 16.1. The molecule has 0 bridgehead atoms. The summed E-state index contributed by atoms with van der Waals surface area (Å²) in [7, 11) is 0. The maximum absolute atomic E-state index is 12.1. The summed E-state index contributed by atoms with van der Waals surface area (Å²) in [5.74, 6) is -0.546. The number of pyridine rings is 1. The summed E-state index contributed by atoms with van der Waals surface area (Å²) in [5.41, 5.74) is 6.57. The van der Waals surface area contributed by atoms with Gasteiger partial charge in [-0.3, -0.25) is 14.6 Å². The van der Waals surface area contributed by atoms with E-state index in [-0.39, 0.29) is 23.0 Å². The summed E-state index contributed by atoms with van der Waals surface area (Å²) in [6.07, 6.45) is 1.49. The van der Waals surface area contributed by atoms with Gasteiger partial charge in [-0.05, 0) is 12.1 Å². The van der Waals surface area contributed by atoms with Gasteiger partial charge < -0.3 is 10.6 Å². The lowest BCUT2D eigenvalue weighted by Crippen LogP contribution is -2.30. The molecule has 1 aromatic rings. The molecule has 80 valence electrons. The number of aromatic nitrogens is 1. The van der Waals surface area contributed by atoms with Crippen molar-refractivity contribution in [1.29, 1.82) is 0 Å². The summed E-state index contributed by atoms with van der Waals surface area (Å²) in [6, 6.07) is 3.25. The van der Waals surface area contributed by atoms with Crippen LogP contribution in [0.25, 0.3) is 0 Å². The third kappa shape index (κ3) is 1.08. The minimum atomic E-state index is -0.350. The largest absolute Gasteiger partial charge is 0.394 e. The average Bonchev–Trinajstić information content (AvgIpc) is 3.11. The van der Waals surface area contributed by atoms with Crippen LogP contribution in [0.4, 0.5) is 0 Å². The first-order valence-corrected chi connectivity index (χ1v) is 4.99. The summed E-state index contributed by atoms with van der Waals surface area (Å²) < 4.78 is 0. The minimum Gasteiger partial charge on any atom is -0.394 e. The molecule has 2 N–H and O–H groups in total. The van der Waals surface area contributed by atoms with Crippen LogP contribution >= 0.6 is 0 Å². The molecule has 0 atom stereocenters. The fourth-order valence-corrected chi connectivity index (χ4v) is 1.84. The first-order chi connectivity index (χ1) is 7.70. The first kappa shape index (κ1) is 9.08. The van der Waals surface area contributed by atoms with Crippen molar-refractivity contribution < 1.29 is 9.59 Å². The molecule has 0 saturated carbocycles. The molecule has 1 aliphatic heterocycles. The number of rotatable bonds is 1. The van der Waals surface area contributed by atoms with Crippen molar-refractivity contribution in [2.75, 3.05) is 13.1 Å². The summed E-state index contributed by atoms with van der Waals surface area (Å²) in [5, 5.41) is 0. The first-order valence-electron chi connectivity index (χ1n) is 4.99. The fraction of sp³-hybridized carbons (Fsp3) is 0.182. The molecular formula is C11H9N3O2. The molecule has 1 saturated heterocycles. The van der Waals surface area contributed by atoms with E-state index in [0.717, 1.165) is 13.1 Å². The second-order valence-electron chi connectivity index (χ2n) is 3.81. The van der Waals surface area contributed by atoms with E-state index in [2.05, 4.69) is 4.98 Å². The zero-order chi connectivity index (χ0) is 11.3. The molecule has 2 heterocycles. The van der Waals surface area contributed by atoms with Crippen LogP contribution in [0.15, 0.2) is 29.7 Å². The normalized spacial score (nSPS) is 18.9. The van der Waals surface area contributed by atoms with Crippen molar-refractivity contribution in [2.24, 2.45) is 5.73 Å². The van der Waals surface area contributed by atoms with Gasteiger partial charge in [-0.25, -0.2) is 0 Å². The molecule has 0 amide bonds. The van der Waals surface area contributed by atoms with Gasteiger partial charge in [-0.2, -0.15) is 0 Å². The van der Waals surface area contributed by atoms with Gasteiger partial charge in [0, 0.05) is 19.3 Å². The number of carbonyl (C=O) groups is 2. The monoisotopic (exact) mass is 215 g/mol. The second kappa shape index (κ2) is 2.91. The Balaban J connectivity index is 2.21. The molecule has 16 heavy (non-hydrogen) atoms. The predicted octanol–water partition coefficient (Wildman–Crippen LogP) is -0.0535. The Morgan fingerprint density at radius 2 is 2.00 bits per heavy atom. The van der Waals surface area contributed by atoms with Gasteiger partial charge in [0.25, 0.3) is 0 Å². The van der Waals surface area contributed by atoms with E-state index in [9.17, 15) is 9.59 Å². The molecular weight excluding hydrogens is 206 g/mol. The van der Waals surface area contributed by atoms with E-state index in [1.165, 1.54) is 6.20 Å². The van der Waals surface area contributed by atoms with Crippen LogP contribution in [0.2, 0.25) is 0 Å². The molecule has 1 aliphatic carbocycles. The molecule has 0 aromatic carbocycles. The number of nitrogens with zero attached hydrogens (tertiary/aromatic N) is 2. The van der Waals surface area contributed by atoms with Gasteiger partial charge in [0.1, 0.15) is 17.1 Å². The van der Waals surface area contributed by atoms with E-state index < -0.39 is 0 Å². The lowest BCUT2D eigenvalue weighted by atomic mass is 9.95. The maximum Gasteiger partial charge on any atom is 0.229 e. The zero-order valence-electron chi connectivity index (χ0n) is 8.43. The van der Waals surface area contributed by atoms with Gasteiger partial charge in [-0.15, -0.1) is 0 Å². The van der Waals surface area contributed by atoms with Crippen LogP contribution in [-0.4, -0.2) is 34.5 Å². The van der Waals surface area contributed by atoms with Gasteiger partial charge >= 0.3 is 0 Å². The average molecular weight is 215 g/mol. The Bertz CT molecular complexity index is 544. The van der Waals surface area contributed by atoms with Gasteiger partial charge in [-0.1, -0.05) is 0 Å². The highest BCUT2D eigenvalue weighted by Gasteiger charge is 2.37. The molecule has 3 rings (SSSR count). The molecule has 2 aliphatic rings. The Kier molecular flexibility index (Phi) is 1.65. The number of Topliss-reactive ketones (excluding diaryl/α,β-unsaturated/α-hetero) is 2. The maximum atomic E-state index is 12.1. The lowest BCUT2D eigenvalue weighted by Gasteiger charge is -2.18. The van der Waals surface area contributed by atoms with Crippen molar-refractivity contribution in [3.05, 3.63) is 41.0 Å². The number of ketones is 2. The van der Waals surface area contributed by atoms with E-state index in [4.69, 9.17) is 5.73 Å². The number of carbonyl (C=O) groups excluding carboxylic acids is 2.